The van der Waals surface area contributed by atoms with Crippen LogP contribution < -0.4 is 5.76 Å². The number of H-pyrrole nitrogens is 1. The van der Waals surface area contributed by atoms with Crippen molar-refractivity contribution < 1.29 is 4.52 Å². The average molecular weight is 426 g/mol. The summed E-state index contributed by atoms with van der Waals surface area (Å²) in [6.45, 7) is 3.18. The predicted octanol–water partition coefficient (Wildman–Crippen LogP) is 3.71. The number of hydrogen-bond donors (Lipinski definition) is 1. The minimum Gasteiger partial charge on any atom is -0.327 e. The van der Waals surface area contributed by atoms with Gasteiger partial charge in [-0.3, -0.25) is 9.51 Å². The molecule has 0 radical (unpaired) electrons. The summed E-state index contributed by atoms with van der Waals surface area (Å²) in [5, 5.41) is 4.08. The number of aromatic nitrogens is 7. The highest BCUT2D eigenvalue weighted by molar-refractivity contribution is 6.29. The number of nitrogens with one attached hydrogen (secondary N) is 1. The van der Waals surface area contributed by atoms with E-state index in [0.29, 0.717) is 22.4 Å². The third-order valence-electron chi connectivity index (χ3n) is 5.71. The Hall–Kier alpha value is -3.07. The van der Waals surface area contributed by atoms with Crippen molar-refractivity contribution in [1.29, 1.82) is 0 Å². The number of aromatic amines is 1. The van der Waals surface area contributed by atoms with Crippen LogP contribution in [0.15, 0.2) is 34.0 Å². The van der Waals surface area contributed by atoms with Crippen LogP contribution in [0.1, 0.15) is 32.6 Å². The van der Waals surface area contributed by atoms with E-state index in [1.54, 1.807) is 18.6 Å². The predicted molar refractivity (Wildman–Crippen MR) is 111 cm³/mol. The molecule has 1 saturated carbocycles. The second-order valence-electron chi connectivity index (χ2n) is 7.90. The molecule has 0 unspecified atom stereocenters. The van der Waals surface area contributed by atoms with Crippen molar-refractivity contribution in [2.45, 2.75) is 39.2 Å². The second-order valence-corrected chi connectivity index (χ2v) is 8.29. The molecular formula is C20H20ClN7O2. The summed E-state index contributed by atoms with van der Waals surface area (Å²) < 4.78 is 6.73. The summed E-state index contributed by atoms with van der Waals surface area (Å²) in [7, 11) is 0. The smallest absolute Gasteiger partial charge is 0.327 e. The molecule has 0 saturated heterocycles. The van der Waals surface area contributed by atoms with Crippen molar-refractivity contribution in [1.82, 2.24) is 34.6 Å². The largest absolute Gasteiger partial charge is 0.439 e. The van der Waals surface area contributed by atoms with Crippen molar-refractivity contribution in [3.63, 3.8) is 0 Å². The molecule has 0 atom stereocenters. The Kier molecular flexibility index (Phi) is 4.82. The van der Waals surface area contributed by atoms with Crippen molar-refractivity contribution >= 4 is 22.8 Å². The fourth-order valence-corrected chi connectivity index (χ4v) is 4.26. The van der Waals surface area contributed by atoms with E-state index in [1.807, 2.05) is 6.07 Å². The monoisotopic (exact) mass is 425 g/mol. The van der Waals surface area contributed by atoms with Gasteiger partial charge in [0.05, 0.1) is 6.33 Å². The Morgan fingerprint density at radius 1 is 1.23 bits per heavy atom. The number of halogens is 1. The fourth-order valence-electron chi connectivity index (χ4n) is 4.09. The molecule has 0 bridgehead atoms. The third kappa shape index (κ3) is 3.60. The maximum absolute atomic E-state index is 11.4. The fraction of sp³-hybridized carbons (Fsp3) is 0.400. The van der Waals surface area contributed by atoms with Crippen molar-refractivity contribution in [2.24, 2.45) is 11.8 Å². The molecule has 0 aromatic carbocycles. The summed E-state index contributed by atoms with van der Waals surface area (Å²) in [5.74, 6) is 1.11. The zero-order valence-corrected chi connectivity index (χ0v) is 17.1. The highest BCUT2D eigenvalue weighted by Crippen LogP contribution is 2.33. The van der Waals surface area contributed by atoms with Crippen LogP contribution in [-0.2, 0) is 6.54 Å². The van der Waals surface area contributed by atoms with Gasteiger partial charge in [-0.15, -0.1) is 0 Å². The van der Waals surface area contributed by atoms with Crippen LogP contribution in [0.4, 0.5) is 0 Å². The number of fused-ring (bicyclic) bond motifs is 1. The van der Waals surface area contributed by atoms with E-state index in [1.165, 1.54) is 25.7 Å². The van der Waals surface area contributed by atoms with Crippen LogP contribution in [0.2, 0.25) is 5.15 Å². The summed E-state index contributed by atoms with van der Waals surface area (Å²) >= 11 is 6.14. The van der Waals surface area contributed by atoms with Gasteiger partial charge in [0.25, 0.3) is 0 Å². The van der Waals surface area contributed by atoms with Crippen molar-refractivity contribution in [3.05, 3.63) is 40.4 Å². The molecule has 10 heteroatoms. The first-order valence-electron chi connectivity index (χ1n) is 9.98. The van der Waals surface area contributed by atoms with E-state index in [4.69, 9.17) is 11.6 Å². The number of imidazole rings is 1. The van der Waals surface area contributed by atoms with Gasteiger partial charge in [-0.25, -0.2) is 24.7 Å². The highest BCUT2D eigenvalue weighted by atomic mass is 35.5. The van der Waals surface area contributed by atoms with Gasteiger partial charge in [-0.1, -0.05) is 36.5 Å². The zero-order valence-electron chi connectivity index (χ0n) is 16.4. The van der Waals surface area contributed by atoms with E-state index >= 15 is 0 Å². The highest BCUT2D eigenvalue weighted by Gasteiger charge is 2.22. The van der Waals surface area contributed by atoms with Crippen molar-refractivity contribution in [3.8, 4) is 22.9 Å². The Balaban J connectivity index is 1.64. The molecule has 0 aliphatic heterocycles. The van der Waals surface area contributed by atoms with Gasteiger partial charge in [-0.05, 0) is 36.8 Å². The first-order valence-corrected chi connectivity index (χ1v) is 10.4. The quantitative estimate of drug-likeness (QED) is 0.495. The normalized spacial score (nSPS) is 19.4. The number of rotatable bonds is 4. The van der Waals surface area contributed by atoms with Crippen LogP contribution in [0, 0.1) is 11.8 Å². The third-order valence-corrected chi connectivity index (χ3v) is 5.92. The second kappa shape index (κ2) is 7.64. The van der Waals surface area contributed by atoms with Gasteiger partial charge >= 0.3 is 5.76 Å². The van der Waals surface area contributed by atoms with Gasteiger partial charge in [0, 0.05) is 18.3 Å². The molecule has 1 aliphatic rings. The molecule has 4 heterocycles. The molecule has 4 aromatic heterocycles. The Labute approximate surface area is 176 Å². The van der Waals surface area contributed by atoms with E-state index in [2.05, 4.69) is 46.1 Å². The molecule has 1 N–H and O–H groups in total. The van der Waals surface area contributed by atoms with Crippen LogP contribution >= 0.6 is 11.6 Å². The standard InChI is InChI=1S/C20H20ClN7O2/c1-11-2-4-12(5-3-11)9-28-10-23-17-16(28)15(13-6-7-22-14(21)8-13)24-18(25-17)19-26-20(29)30-27-19/h6-8,10-12H,2-5,9H2,1H3,(H,26,27,29). The minimum atomic E-state index is -0.667. The van der Waals surface area contributed by atoms with E-state index in [9.17, 15) is 4.79 Å². The summed E-state index contributed by atoms with van der Waals surface area (Å²) in [5.41, 5.74) is 2.79. The average Bonchev–Trinajstić information content (AvgIpc) is 3.35. The SMILES string of the molecule is CC1CCC(Cn2cnc3nc(-c4noc(=O)[nH]4)nc(-c4ccnc(Cl)c4)c32)CC1. The Morgan fingerprint density at radius 2 is 2.07 bits per heavy atom. The lowest BCUT2D eigenvalue weighted by atomic mass is 9.83. The molecule has 154 valence electrons. The molecule has 30 heavy (non-hydrogen) atoms. The molecule has 0 amide bonds. The first-order chi connectivity index (χ1) is 14.6. The van der Waals surface area contributed by atoms with Crippen LogP contribution in [-0.4, -0.2) is 34.6 Å². The van der Waals surface area contributed by atoms with Gasteiger partial charge in [0.1, 0.15) is 16.4 Å². The zero-order chi connectivity index (χ0) is 20.7. The minimum absolute atomic E-state index is 0.152. The molecule has 1 fully saturated rings. The van der Waals surface area contributed by atoms with E-state index < -0.39 is 5.76 Å². The Bertz CT molecular complexity index is 1250. The Morgan fingerprint density at radius 3 is 2.80 bits per heavy atom. The van der Waals surface area contributed by atoms with Gasteiger partial charge in [0.15, 0.2) is 5.65 Å². The maximum Gasteiger partial charge on any atom is 0.439 e. The van der Waals surface area contributed by atoms with Gasteiger partial charge < -0.3 is 4.57 Å². The molecular weight excluding hydrogens is 406 g/mol. The molecule has 5 rings (SSSR count). The van der Waals surface area contributed by atoms with Crippen LogP contribution in [0.3, 0.4) is 0 Å². The lowest BCUT2D eigenvalue weighted by molar-refractivity contribution is 0.266. The summed E-state index contributed by atoms with van der Waals surface area (Å²) in [6, 6.07) is 3.58. The summed E-state index contributed by atoms with van der Waals surface area (Å²) in [4.78, 5) is 31.7. The van der Waals surface area contributed by atoms with Crippen molar-refractivity contribution in [2.75, 3.05) is 0 Å². The first kappa shape index (κ1) is 18.9. The van der Waals surface area contributed by atoms with Gasteiger partial charge in [-0.2, -0.15) is 0 Å². The van der Waals surface area contributed by atoms with Crippen LogP contribution in [0.5, 0.6) is 0 Å². The number of nitrogens with zero attached hydrogens (tertiary/aromatic N) is 6. The lowest BCUT2D eigenvalue weighted by Crippen LogP contribution is -2.17. The van der Waals surface area contributed by atoms with E-state index in [-0.39, 0.29) is 11.6 Å². The number of hydrogen-bond acceptors (Lipinski definition) is 7. The molecule has 0 spiro atoms. The molecule has 4 aromatic rings. The summed E-state index contributed by atoms with van der Waals surface area (Å²) in [6.07, 6.45) is 8.35. The topological polar surface area (TPSA) is 115 Å². The maximum atomic E-state index is 11.4. The lowest BCUT2D eigenvalue weighted by Gasteiger charge is -2.26. The molecule has 1 aliphatic carbocycles. The number of pyridine rings is 1. The van der Waals surface area contributed by atoms with E-state index in [0.717, 1.165) is 23.5 Å². The van der Waals surface area contributed by atoms with Gasteiger partial charge in [0.2, 0.25) is 11.6 Å². The van der Waals surface area contributed by atoms with Crippen LogP contribution in [0.25, 0.3) is 34.1 Å². The molecule has 9 nitrogen and oxygen atoms in total.